The summed E-state index contributed by atoms with van der Waals surface area (Å²) in [5, 5.41) is 17.8. The van der Waals surface area contributed by atoms with Crippen molar-refractivity contribution in [3.05, 3.63) is 0 Å². The monoisotopic (exact) mass is 230 g/mol. The molecule has 0 aromatic carbocycles. The van der Waals surface area contributed by atoms with Gasteiger partial charge in [0.2, 0.25) is 0 Å². The standard InChI is InChI=1S/C10H18N2O4/c11-7-3-1-2-4-10(7,12)6(9(15)16)5-8(13)14/h6-7H,1-5,11-12H2,(H,13,14)(H,15,16). The van der Waals surface area contributed by atoms with Crippen molar-refractivity contribution < 1.29 is 19.8 Å². The van der Waals surface area contributed by atoms with Crippen LogP contribution in [-0.2, 0) is 9.59 Å². The number of nitrogens with two attached hydrogens (primary N) is 2. The topological polar surface area (TPSA) is 127 Å². The Morgan fingerprint density at radius 3 is 2.44 bits per heavy atom. The third kappa shape index (κ3) is 2.51. The zero-order valence-electron chi connectivity index (χ0n) is 9.06. The smallest absolute Gasteiger partial charge is 0.309 e. The first-order chi connectivity index (χ1) is 7.38. The van der Waals surface area contributed by atoms with E-state index in [1.165, 1.54) is 0 Å². The van der Waals surface area contributed by atoms with Crippen molar-refractivity contribution in [2.75, 3.05) is 0 Å². The predicted octanol–water partition coefficient (Wildman–Crippen LogP) is -0.239. The van der Waals surface area contributed by atoms with Gasteiger partial charge in [-0.2, -0.15) is 0 Å². The molecule has 1 rings (SSSR count). The van der Waals surface area contributed by atoms with E-state index in [1.807, 2.05) is 0 Å². The lowest BCUT2D eigenvalue weighted by molar-refractivity contribution is -0.151. The summed E-state index contributed by atoms with van der Waals surface area (Å²) in [6, 6.07) is -0.443. The van der Waals surface area contributed by atoms with Gasteiger partial charge < -0.3 is 21.7 Å². The number of aliphatic carboxylic acids is 2. The van der Waals surface area contributed by atoms with E-state index in [1.54, 1.807) is 0 Å². The summed E-state index contributed by atoms with van der Waals surface area (Å²) < 4.78 is 0. The molecule has 0 aliphatic heterocycles. The first-order valence-corrected chi connectivity index (χ1v) is 5.37. The average Bonchev–Trinajstić information content (AvgIpc) is 2.18. The minimum absolute atomic E-state index is 0.443. The van der Waals surface area contributed by atoms with Gasteiger partial charge in [0, 0.05) is 11.6 Å². The molecule has 3 atom stereocenters. The van der Waals surface area contributed by atoms with Crippen LogP contribution in [-0.4, -0.2) is 33.7 Å². The van der Waals surface area contributed by atoms with Gasteiger partial charge in [-0.05, 0) is 12.8 Å². The SMILES string of the molecule is NC1CCCCC1(N)C(CC(=O)O)C(=O)O. The van der Waals surface area contributed by atoms with E-state index in [0.717, 1.165) is 12.8 Å². The number of hydrogen-bond donors (Lipinski definition) is 4. The Balaban J connectivity index is 2.90. The highest BCUT2D eigenvalue weighted by Crippen LogP contribution is 2.33. The van der Waals surface area contributed by atoms with Gasteiger partial charge in [-0.15, -0.1) is 0 Å². The molecule has 0 amide bonds. The Morgan fingerprint density at radius 2 is 2.00 bits per heavy atom. The Bertz CT molecular complexity index is 295. The average molecular weight is 230 g/mol. The first-order valence-electron chi connectivity index (χ1n) is 5.37. The quantitative estimate of drug-likeness (QED) is 0.528. The molecule has 6 heteroatoms. The van der Waals surface area contributed by atoms with Crippen LogP contribution in [0.5, 0.6) is 0 Å². The molecule has 0 saturated heterocycles. The Kier molecular flexibility index (Phi) is 3.88. The van der Waals surface area contributed by atoms with Crippen LogP contribution in [0.3, 0.4) is 0 Å². The Morgan fingerprint density at radius 1 is 1.38 bits per heavy atom. The van der Waals surface area contributed by atoms with Crippen molar-refractivity contribution in [3.8, 4) is 0 Å². The minimum Gasteiger partial charge on any atom is -0.481 e. The van der Waals surface area contributed by atoms with Crippen LogP contribution < -0.4 is 11.5 Å². The van der Waals surface area contributed by atoms with Gasteiger partial charge in [-0.1, -0.05) is 12.8 Å². The van der Waals surface area contributed by atoms with Crippen LogP contribution in [0, 0.1) is 5.92 Å². The number of rotatable bonds is 4. The molecule has 0 bridgehead atoms. The molecular weight excluding hydrogens is 212 g/mol. The highest BCUT2D eigenvalue weighted by molar-refractivity contribution is 5.79. The third-order valence-electron chi connectivity index (χ3n) is 3.39. The fraction of sp³-hybridized carbons (Fsp3) is 0.800. The number of carboxylic acids is 2. The van der Waals surface area contributed by atoms with Crippen LogP contribution in [0.25, 0.3) is 0 Å². The molecule has 1 saturated carbocycles. The lowest BCUT2D eigenvalue weighted by atomic mass is 9.69. The van der Waals surface area contributed by atoms with Gasteiger partial charge in [-0.3, -0.25) is 9.59 Å². The van der Waals surface area contributed by atoms with Gasteiger partial charge in [-0.25, -0.2) is 0 Å². The number of carboxylic acid groups (broad SMARTS) is 2. The minimum atomic E-state index is -1.18. The first kappa shape index (κ1) is 12.9. The lowest BCUT2D eigenvalue weighted by Crippen LogP contribution is -2.63. The van der Waals surface area contributed by atoms with E-state index >= 15 is 0 Å². The molecule has 0 aromatic rings. The second-order valence-electron chi connectivity index (χ2n) is 4.45. The fourth-order valence-corrected chi connectivity index (χ4v) is 2.36. The van der Waals surface area contributed by atoms with E-state index < -0.39 is 35.9 Å². The lowest BCUT2D eigenvalue weighted by Gasteiger charge is -2.42. The maximum Gasteiger partial charge on any atom is 0.309 e. The highest BCUT2D eigenvalue weighted by Gasteiger charge is 2.46. The van der Waals surface area contributed by atoms with E-state index in [2.05, 4.69) is 0 Å². The summed E-state index contributed by atoms with van der Waals surface area (Å²) in [5.74, 6) is -3.45. The zero-order valence-corrected chi connectivity index (χ0v) is 9.06. The van der Waals surface area contributed by atoms with E-state index in [9.17, 15) is 9.59 Å². The number of carbonyl (C=O) groups is 2. The molecule has 6 N–H and O–H groups in total. The normalized spacial score (nSPS) is 32.0. The molecule has 0 spiro atoms. The van der Waals surface area contributed by atoms with Gasteiger partial charge in [0.1, 0.15) is 0 Å². The van der Waals surface area contributed by atoms with Gasteiger partial charge in [0.05, 0.1) is 12.3 Å². The summed E-state index contributed by atoms with van der Waals surface area (Å²) in [5.41, 5.74) is 10.8. The summed E-state index contributed by atoms with van der Waals surface area (Å²) in [6.07, 6.45) is 2.37. The van der Waals surface area contributed by atoms with Crippen molar-refractivity contribution in [1.29, 1.82) is 0 Å². The van der Waals surface area contributed by atoms with Crippen LogP contribution in [0.1, 0.15) is 32.1 Å². The largest absolute Gasteiger partial charge is 0.481 e. The summed E-state index contributed by atoms with van der Waals surface area (Å²) in [7, 11) is 0. The number of hydrogen-bond acceptors (Lipinski definition) is 4. The van der Waals surface area contributed by atoms with Gasteiger partial charge in [0.25, 0.3) is 0 Å². The van der Waals surface area contributed by atoms with Crippen LogP contribution >= 0.6 is 0 Å². The van der Waals surface area contributed by atoms with Crippen LogP contribution in [0.15, 0.2) is 0 Å². The highest BCUT2D eigenvalue weighted by atomic mass is 16.4. The molecule has 1 fully saturated rings. The van der Waals surface area contributed by atoms with Crippen molar-refractivity contribution in [3.63, 3.8) is 0 Å². The molecule has 0 aromatic heterocycles. The van der Waals surface area contributed by atoms with Crippen molar-refractivity contribution in [2.24, 2.45) is 17.4 Å². The van der Waals surface area contributed by atoms with Gasteiger partial charge >= 0.3 is 11.9 Å². The van der Waals surface area contributed by atoms with Crippen molar-refractivity contribution in [2.45, 2.75) is 43.7 Å². The Hall–Kier alpha value is -1.14. The van der Waals surface area contributed by atoms with E-state index in [4.69, 9.17) is 21.7 Å². The van der Waals surface area contributed by atoms with E-state index in [-0.39, 0.29) is 0 Å². The molecule has 1 aliphatic rings. The third-order valence-corrected chi connectivity index (χ3v) is 3.39. The maximum absolute atomic E-state index is 11.1. The second-order valence-corrected chi connectivity index (χ2v) is 4.45. The van der Waals surface area contributed by atoms with Crippen LogP contribution in [0.2, 0.25) is 0 Å². The molecule has 0 heterocycles. The van der Waals surface area contributed by atoms with E-state index in [0.29, 0.717) is 12.8 Å². The van der Waals surface area contributed by atoms with Crippen LogP contribution in [0.4, 0.5) is 0 Å². The second kappa shape index (κ2) is 4.80. The molecule has 3 unspecified atom stereocenters. The zero-order chi connectivity index (χ0) is 12.3. The molecule has 92 valence electrons. The molecule has 16 heavy (non-hydrogen) atoms. The fourth-order valence-electron chi connectivity index (χ4n) is 2.36. The van der Waals surface area contributed by atoms with Crippen molar-refractivity contribution >= 4 is 11.9 Å². The molecule has 0 radical (unpaired) electrons. The maximum atomic E-state index is 11.1. The summed E-state index contributed by atoms with van der Waals surface area (Å²) in [4.78, 5) is 21.7. The molecular formula is C10H18N2O4. The molecule has 6 nitrogen and oxygen atoms in total. The summed E-state index contributed by atoms with van der Waals surface area (Å²) in [6.45, 7) is 0. The molecule has 1 aliphatic carbocycles. The summed E-state index contributed by atoms with van der Waals surface area (Å²) >= 11 is 0. The van der Waals surface area contributed by atoms with Gasteiger partial charge in [0.15, 0.2) is 0 Å². The predicted molar refractivity (Wildman–Crippen MR) is 56.7 cm³/mol. The Labute approximate surface area is 93.6 Å². The van der Waals surface area contributed by atoms with Crippen molar-refractivity contribution in [1.82, 2.24) is 0 Å².